The fourth-order valence-corrected chi connectivity index (χ4v) is 1.65. The number of hydrogen-bond acceptors (Lipinski definition) is 4. The molecule has 3 aromatic rings. The minimum atomic E-state index is 0.507. The first-order valence-corrected chi connectivity index (χ1v) is 4.91. The minimum Gasteiger partial charge on any atom is -0.397 e. The summed E-state index contributed by atoms with van der Waals surface area (Å²) in [4.78, 5) is 4.07. The Balaban J connectivity index is 2.29. The van der Waals surface area contributed by atoms with Crippen molar-refractivity contribution < 1.29 is 4.52 Å². The van der Waals surface area contributed by atoms with E-state index in [1.165, 1.54) is 0 Å². The van der Waals surface area contributed by atoms with E-state index in [1.807, 2.05) is 36.4 Å². The summed E-state index contributed by atoms with van der Waals surface area (Å²) in [6.07, 6.45) is 1.56. The van der Waals surface area contributed by atoms with Gasteiger partial charge in [-0.25, -0.2) is 4.98 Å². The smallest absolute Gasteiger partial charge is 0.258 e. The molecular weight excluding hydrogens is 202 g/mol. The van der Waals surface area contributed by atoms with Crippen molar-refractivity contribution in [1.82, 2.24) is 10.1 Å². The first kappa shape index (κ1) is 8.91. The van der Waals surface area contributed by atoms with E-state index in [4.69, 9.17) is 10.3 Å². The van der Waals surface area contributed by atoms with Crippen molar-refractivity contribution in [3.05, 3.63) is 42.6 Å². The number of anilines is 1. The highest BCUT2D eigenvalue weighted by Gasteiger charge is 2.10. The second kappa shape index (κ2) is 3.34. The Morgan fingerprint density at radius 1 is 1.12 bits per heavy atom. The summed E-state index contributed by atoms with van der Waals surface area (Å²) in [6.45, 7) is 0. The van der Waals surface area contributed by atoms with E-state index < -0.39 is 0 Å². The van der Waals surface area contributed by atoms with Crippen LogP contribution in [0.15, 0.2) is 47.1 Å². The van der Waals surface area contributed by atoms with E-state index in [1.54, 1.807) is 6.20 Å². The van der Waals surface area contributed by atoms with Gasteiger partial charge in [-0.2, -0.15) is 0 Å². The molecule has 78 valence electrons. The Bertz CT molecular complexity index is 631. The number of nitrogens with two attached hydrogens (primary N) is 1. The Labute approximate surface area is 91.7 Å². The van der Waals surface area contributed by atoms with Crippen molar-refractivity contribution in [2.45, 2.75) is 0 Å². The largest absolute Gasteiger partial charge is 0.397 e. The van der Waals surface area contributed by atoms with Crippen molar-refractivity contribution in [3.8, 4) is 11.3 Å². The third-order valence-electron chi connectivity index (χ3n) is 2.40. The van der Waals surface area contributed by atoms with Crippen LogP contribution >= 0.6 is 0 Å². The van der Waals surface area contributed by atoms with Gasteiger partial charge in [0.1, 0.15) is 5.69 Å². The predicted octanol–water partition coefficient (Wildman–Crippen LogP) is 2.47. The first-order valence-electron chi connectivity index (χ1n) is 4.91. The summed E-state index contributed by atoms with van der Waals surface area (Å²) < 4.78 is 5.14. The van der Waals surface area contributed by atoms with Gasteiger partial charge >= 0.3 is 0 Å². The van der Waals surface area contributed by atoms with Crippen LogP contribution in [0, 0.1) is 0 Å². The molecule has 0 saturated heterocycles. The molecule has 0 amide bonds. The highest BCUT2D eigenvalue weighted by atomic mass is 16.5. The molecule has 0 spiro atoms. The van der Waals surface area contributed by atoms with Crippen LogP contribution < -0.4 is 5.73 Å². The fraction of sp³-hybridized carbons (Fsp3) is 0. The lowest BCUT2D eigenvalue weighted by Crippen LogP contribution is -1.85. The maximum absolute atomic E-state index is 5.70. The maximum atomic E-state index is 5.70. The Morgan fingerprint density at radius 2 is 1.94 bits per heavy atom. The summed E-state index contributed by atoms with van der Waals surface area (Å²) in [5.41, 5.74) is 8.58. The second-order valence-electron chi connectivity index (χ2n) is 3.52. The lowest BCUT2D eigenvalue weighted by atomic mass is 10.1. The zero-order valence-electron chi connectivity index (χ0n) is 8.42. The van der Waals surface area contributed by atoms with Gasteiger partial charge < -0.3 is 10.3 Å². The molecule has 0 radical (unpaired) electrons. The minimum absolute atomic E-state index is 0.507. The quantitative estimate of drug-likeness (QED) is 0.671. The zero-order valence-corrected chi connectivity index (χ0v) is 8.42. The summed E-state index contributed by atoms with van der Waals surface area (Å²) in [5, 5.41) is 4.85. The van der Waals surface area contributed by atoms with Gasteiger partial charge in [0.25, 0.3) is 5.71 Å². The summed E-state index contributed by atoms with van der Waals surface area (Å²) in [7, 11) is 0. The molecule has 4 nitrogen and oxygen atoms in total. The molecule has 2 aromatic heterocycles. The summed E-state index contributed by atoms with van der Waals surface area (Å²) in [5.74, 6) is 0. The molecule has 0 aliphatic heterocycles. The number of pyridine rings is 1. The number of nitrogens with zero attached hydrogens (tertiary/aromatic N) is 2. The van der Waals surface area contributed by atoms with Crippen LogP contribution in [0.4, 0.5) is 5.69 Å². The topological polar surface area (TPSA) is 64.9 Å². The Morgan fingerprint density at radius 3 is 2.75 bits per heavy atom. The highest BCUT2D eigenvalue weighted by Crippen LogP contribution is 2.27. The van der Waals surface area contributed by atoms with Gasteiger partial charge in [0.05, 0.1) is 17.3 Å². The van der Waals surface area contributed by atoms with Crippen LogP contribution in [0.5, 0.6) is 0 Å². The molecule has 0 atom stereocenters. The van der Waals surface area contributed by atoms with Crippen molar-refractivity contribution in [2.75, 3.05) is 5.73 Å². The molecule has 0 aliphatic carbocycles. The Kier molecular flexibility index (Phi) is 1.86. The van der Waals surface area contributed by atoms with Gasteiger partial charge in [-0.3, -0.25) is 0 Å². The van der Waals surface area contributed by atoms with E-state index in [-0.39, 0.29) is 0 Å². The molecule has 2 heterocycles. The Hall–Kier alpha value is -2.36. The number of hydrogen-bond donors (Lipinski definition) is 1. The van der Waals surface area contributed by atoms with Gasteiger partial charge in [0, 0.05) is 5.56 Å². The maximum Gasteiger partial charge on any atom is 0.258 e. The average molecular weight is 211 g/mol. The summed E-state index contributed by atoms with van der Waals surface area (Å²) >= 11 is 0. The van der Waals surface area contributed by atoms with E-state index in [9.17, 15) is 0 Å². The van der Waals surface area contributed by atoms with Crippen molar-refractivity contribution >= 4 is 16.8 Å². The van der Waals surface area contributed by atoms with Gasteiger partial charge in [0.15, 0.2) is 0 Å². The van der Waals surface area contributed by atoms with Crippen LogP contribution in [0.1, 0.15) is 0 Å². The van der Waals surface area contributed by atoms with E-state index >= 15 is 0 Å². The van der Waals surface area contributed by atoms with Gasteiger partial charge in [0.2, 0.25) is 0 Å². The molecule has 2 N–H and O–H groups in total. The van der Waals surface area contributed by atoms with Crippen LogP contribution in [-0.2, 0) is 0 Å². The molecule has 16 heavy (non-hydrogen) atoms. The first-order chi connectivity index (χ1) is 7.84. The summed E-state index contributed by atoms with van der Waals surface area (Å²) in [6, 6.07) is 11.6. The molecule has 0 bridgehead atoms. The van der Waals surface area contributed by atoms with Gasteiger partial charge in [-0.15, -0.1) is 0 Å². The van der Waals surface area contributed by atoms with Crippen molar-refractivity contribution in [1.29, 1.82) is 0 Å². The molecule has 0 unspecified atom stereocenters. The number of aromatic nitrogens is 2. The number of rotatable bonds is 1. The molecule has 0 saturated carbocycles. The fourth-order valence-electron chi connectivity index (χ4n) is 1.65. The molecule has 4 heteroatoms. The third kappa shape index (κ3) is 1.32. The van der Waals surface area contributed by atoms with Crippen molar-refractivity contribution in [2.24, 2.45) is 0 Å². The van der Waals surface area contributed by atoms with Crippen molar-refractivity contribution in [3.63, 3.8) is 0 Å². The SMILES string of the molecule is Nc1cnc2onc(-c3ccccc3)c2c1. The monoisotopic (exact) mass is 211 g/mol. The lowest BCUT2D eigenvalue weighted by Gasteiger charge is -1.95. The highest BCUT2D eigenvalue weighted by molar-refractivity contribution is 5.90. The molecule has 0 fully saturated rings. The number of fused-ring (bicyclic) bond motifs is 1. The van der Waals surface area contributed by atoms with Crippen LogP contribution in [0.25, 0.3) is 22.4 Å². The molecular formula is C12H9N3O. The van der Waals surface area contributed by atoms with Gasteiger partial charge in [-0.1, -0.05) is 35.5 Å². The zero-order chi connectivity index (χ0) is 11.0. The van der Waals surface area contributed by atoms with E-state index in [2.05, 4.69) is 10.1 Å². The molecule has 0 aliphatic rings. The third-order valence-corrected chi connectivity index (χ3v) is 2.40. The van der Waals surface area contributed by atoms with Crippen LogP contribution in [0.3, 0.4) is 0 Å². The molecule has 3 rings (SSSR count). The second-order valence-corrected chi connectivity index (χ2v) is 3.52. The molecule has 1 aromatic carbocycles. The average Bonchev–Trinajstić information content (AvgIpc) is 2.73. The standard InChI is InChI=1S/C12H9N3O/c13-9-6-10-11(8-4-2-1-3-5-8)15-16-12(10)14-7-9/h1-7H,13H2. The van der Waals surface area contributed by atoms with E-state index in [0.29, 0.717) is 11.4 Å². The van der Waals surface area contributed by atoms with Gasteiger partial charge in [-0.05, 0) is 6.07 Å². The van der Waals surface area contributed by atoms with Crippen LogP contribution in [0.2, 0.25) is 0 Å². The normalized spacial score (nSPS) is 10.8. The number of benzene rings is 1. The van der Waals surface area contributed by atoms with Crippen LogP contribution in [-0.4, -0.2) is 10.1 Å². The number of nitrogen functional groups attached to an aromatic ring is 1. The predicted molar refractivity (Wildman–Crippen MR) is 61.7 cm³/mol. The lowest BCUT2D eigenvalue weighted by molar-refractivity contribution is 0.451. The van der Waals surface area contributed by atoms with E-state index in [0.717, 1.165) is 16.6 Å².